The Hall–Kier alpha value is -2.73. The molecule has 0 spiro atoms. The molecule has 0 N–H and O–H groups in total. The van der Waals surface area contributed by atoms with E-state index in [0.29, 0.717) is 24.3 Å². The number of nitrogens with zero attached hydrogens (tertiary/aromatic N) is 4. The van der Waals surface area contributed by atoms with Crippen LogP contribution in [0.2, 0.25) is 20.2 Å². The van der Waals surface area contributed by atoms with Crippen LogP contribution in [0.5, 0.6) is 23.8 Å². The van der Waals surface area contributed by atoms with Gasteiger partial charge in [0.25, 0.3) is 0 Å². The molecule has 6 atom stereocenters. The van der Waals surface area contributed by atoms with Crippen molar-refractivity contribution in [1.82, 2.24) is 19.9 Å². The van der Waals surface area contributed by atoms with Crippen molar-refractivity contribution in [2.45, 2.75) is 165 Å². The number of carbonyl (C=O) groups excluding carboxylic acids is 2. The zero-order chi connectivity index (χ0) is 46.6. The summed E-state index contributed by atoms with van der Waals surface area (Å²) in [5, 5.41) is -1.80. The second kappa shape index (κ2) is 20.2. The van der Waals surface area contributed by atoms with Gasteiger partial charge in [0, 0.05) is 59.2 Å². The van der Waals surface area contributed by atoms with Gasteiger partial charge < -0.3 is 46.1 Å². The lowest BCUT2D eigenvalue weighted by Gasteiger charge is -2.55. The molecule has 0 aliphatic carbocycles. The van der Waals surface area contributed by atoms with Crippen molar-refractivity contribution in [1.29, 1.82) is 0 Å². The molecule has 4 rings (SSSR count). The van der Waals surface area contributed by atoms with Gasteiger partial charge >= 0.3 is 41.1 Å². The second-order valence-corrected chi connectivity index (χ2v) is 32.0. The van der Waals surface area contributed by atoms with Crippen LogP contribution in [0, 0.1) is 0 Å². The monoisotopic (exact) mass is 942 g/mol. The van der Waals surface area contributed by atoms with E-state index in [1.807, 2.05) is 0 Å². The normalized spacial score (nSPS) is 22.8. The molecule has 2 saturated heterocycles. The lowest BCUT2D eigenvalue weighted by atomic mass is 10.0. The highest BCUT2D eigenvalue weighted by Crippen LogP contribution is 2.59. The van der Waals surface area contributed by atoms with Crippen LogP contribution in [-0.4, -0.2) is 113 Å². The minimum atomic E-state index is -3.04. The average molecular weight is 943 g/mol. The Labute approximate surface area is 378 Å². The number of carbonyl (C=O) groups is 2. The molecule has 0 aromatic carbocycles. The molecular weight excluding hydrogens is 873 g/mol. The Balaban J connectivity index is 1.79. The summed E-state index contributed by atoms with van der Waals surface area (Å²) in [5.41, 5.74) is 0.978. The zero-order valence-corrected chi connectivity index (χ0v) is 43.6. The van der Waals surface area contributed by atoms with E-state index in [1.54, 1.807) is 34.0 Å². The molecule has 2 fully saturated rings. The first-order valence-corrected chi connectivity index (χ1v) is 26.8. The predicted molar refractivity (Wildman–Crippen MR) is 243 cm³/mol. The molecule has 0 radical (unpaired) electrons. The molecule has 2 unspecified atom stereocenters. The van der Waals surface area contributed by atoms with E-state index in [0.717, 1.165) is 0 Å². The third kappa shape index (κ3) is 11.4. The topological polar surface area (TPSA) is 178 Å². The number of hydrogen-bond acceptors (Lipinski definition) is 18. The van der Waals surface area contributed by atoms with Gasteiger partial charge in [-0.2, -0.15) is 9.97 Å². The molecule has 2 aliphatic heterocycles. The molecule has 0 amide bonds. The molecule has 2 aliphatic rings. The van der Waals surface area contributed by atoms with Gasteiger partial charge in [0.15, 0.2) is 0 Å². The summed E-state index contributed by atoms with van der Waals surface area (Å²) in [5.74, 6) is -0.483. The van der Waals surface area contributed by atoms with E-state index in [1.165, 1.54) is 42.3 Å². The van der Waals surface area contributed by atoms with Gasteiger partial charge in [-0.3, -0.25) is 9.59 Å². The fraction of sp³-hybridized carbons (Fsp3) is 0.762. The average Bonchev–Trinajstić information content (AvgIpc) is 3.17. The Bertz CT molecular complexity index is 1690. The molecule has 2 aromatic rings. The molecule has 0 saturated carbocycles. The zero-order valence-electron chi connectivity index (χ0n) is 40.0. The van der Waals surface area contributed by atoms with E-state index in [4.69, 9.17) is 46.1 Å². The van der Waals surface area contributed by atoms with Crippen molar-refractivity contribution in [2.75, 3.05) is 41.7 Å². The van der Waals surface area contributed by atoms with Crippen molar-refractivity contribution in [3.8, 4) is 23.8 Å². The first-order chi connectivity index (χ1) is 28.7. The van der Waals surface area contributed by atoms with Gasteiger partial charge in [-0.1, -0.05) is 105 Å². The van der Waals surface area contributed by atoms with E-state index < -0.39 is 53.5 Å². The lowest BCUT2D eigenvalue weighted by molar-refractivity contribution is -0.149. The molecule has 62 heavy (non-hydrogen) atoms. The fourth-order valence-corrected chi connectivity index (χ4v) is 22.3. The van der Waals surface area contributed by atoms with E-state index in [9.17, 15) is 9.59 Å². The first-order valence-electron chi connectivity index (χ1n) is 20.9. The predicted octanol–water partition coefficient (Wildman–Crippen LogP) is 9.02. The number of methoxy groups -OCH3 is 4. The van der Waals surface area contributed by atoms with E-state index in [2.05, 4.69) is 103 Å². The van der Waals surface area contributed by atoms with Gasteiger partial charge in [-0.25, -0.2) is 9.97 Å². The summed E-state index contributed by atoms with van der Waals surface area (Å²) < 4.78 is 62.8. The van der Waals surface area contributed by atoms with Crippen molar-refractivity contribution < 1.29 is 55.7 Å². The molecular formula is C42H70N4O12S2Si2. The van der Waals surface area contributed by atoms with Gasteiger partial charge in [-0.15, -0.1) is 0 Å². The summed E-state index contributed by atoms with van der Waals surface area (Å²) in [7, 11) is 3.10. The molecule has 16 nitrogen and oxygen atoms in total. The standard InChI is InChI=1S/C42H70N4O12S2Si2/c1-25(47)55-29(27-21-43-37(51-17)45-35(27)49-15)19-31-33(23-53-61(57-31,39(3,4)5)40(6,7)8)59-60-34-24-54-62(41(9,10)11,42(12,13)14)58-32(34)20-30(56-26(2)48)28-22-44-38(52-18)46-36(28)50-16/h21-22,29-34H,19-20,23-24H2,1-18H3/t29?,30?,31-,32-,33+,34+/m0/s1. The van der Waals surface area contributed by atoms with Crippen LogP contribution >= 0.6 is 21.6 Å². The summed E-state index contributed by atoms with van der Waals surface area (Å²) in [6, 6.07) is 0.244. The van der Waals surface area contributed by atoms with Crippen LogP contribution in [0.4, 0.5) is 0 Å². The first kappa shape index (κ1) is 51.9. The van der Waals surface area contributed by atoms with Gasteiger partial charge in [-0.05, 0) is 0 Å². The maximum Gasteiger partial charge on any atom is 0.349 e. The second-order valence-electron chi connectivity index (χ2n) is 19.7. The quantitative estimate of drug-likeness (QED) is 0.0937. The maximum atomic E-state index is 12.7. The van der Waals surface area contributed by atoms with Crippen LogP contribution < -0.4 is 18.9 Å². The SMILES string of the molecule is COc1ncc(C(C[C@@H]2O[Si](C(C)(C)C)(C(C)(C)C)OC[C@H]2SS[C@@H]2CO[Si](C(C)(C)C)(C(C)(C)C)O[C@H]2CC(OC(C)=O)c2cnc(OC)nc2OC)OC(C)=O)c(OC)n1. The highest BCUT2D eigenvalue weighted by molar-refractivity contribution is 8.77. The Morgan fingerprint density at radius 2 is 0.935 bits per heavy atom. The van der Waals surface area contributed by atoms with Crippen LogP contribution in [0.15, 0.2) is 12.4 Å². The van der Waals surface area contributed by atoms with Crippen LogP contribution in [-0.2, 0) is 36.8 Å². The van der Waals surface area contributed by atoms with Crippen molar-refractivity contribution in [3.05, 3.63) is 23.5 Å². The van der Waals surface area contributed by atoms with Gasteiger partial charge in [0.1, 0.15) is 12.2 Å². The van der Waals surface area contributed by atoms with Crippen molar-refractivity contribution in [2.24, 2.45) is 0 Å². The van der Waals surface area contributed by atoms with Crippen LogP contribution in [0.1, 0.15) is 133 Å². The largest absolute Gasteiger partial charge is 0.481 e. The summed E-state index contributed by atoms with van der Waals surface area (Å²) in [4.78, 5) is 43.0. The summed E-state index contributed by atoms with van der Waals surface area (Å²) in [6.45, 7) is 29.5. The highest BCUT2D eigenvalue weighted by atomic mass is 33.1. The number of hydrogen-bond donors (Lipinski definition) is 0. The lowest BCUT2D eigenvalue weighted by Crippen LogP contribution is -2.65. The fourth-order valence-electron chi connectivity index (χ4n) is 8.79. The molecule has 4 heterocycles. The highest BCUT2D eigenvalue weighted by Gasteiger charge is 2.64. The minimum Gasteiger partial charge on any atom is -0.481 e. The van der Waals surface area contributed by atoms with Crippen LogP contribution in [0.3, 0.4) is 0 Å². The number of rotatable bonds is 15. The number of ether oxygens (including phenoxy) is 6. The summed E-state index contributed by atoms with van der Waals surface area (Å²) in [6.07, 6.45) is 1.12. The third-order valence-corrected chi connectivity index (χ3v) is 24.7. The number of esters is 2. The molecule has 20 heteroatoms. The Morgan fingerprint density at radius 1 is 0.613 bits per heavy atom. The van der Waals surface area contributed by atoms with Crippen LogP contribution in [0.25, 0.3) is 0 Å². The van der Waals surface area contributed by atoms with Gasteiger partial charge in [0.2, 0.25) is 11.8 Å². The Morgan fingerprint density at radius 3 is 1.19 bits per heavy atom. The molecule has 0 bridgehead atoms. The van der Waals surface area contributed by atoms with E-state index >= 15 is 0 Å². The minimum absolute atomic E-state index is 0.122. The molecule has 350 valence electrons. The summed E-state index contributed by atoms with van der Waals surface area (Å²) >= 11 is 0. The number of aromatic nitrogens is 4. The smallest absolute Gasteiger partial charge is 0.349 e. The maximum absolute atomic E-state index is 12.7. The van der Waals surface area contributed by atoms with E-state index in [-0.39, 0.29) is 67.3 Å². The Kier molecular flexibility index (Phi) is 16.9. The van der Waals surface area contributed by atoms with Crippen molar-refractivity contribution in [3.63, 3.8) is 0 Å². The van der Waals surface area contributed by atoms with Gasteiger partial charge in [0.05, 0.1) is 75.5 Å². The third-order valence-electron chi connectivity index (χ3n) is 11.1. The molecule has 2 aromatic heterocycles. The van der Waals surface area contributed by atoms with Crippen molar-refractivity contribution >= 4 is 50.6 Å².